The first-order valence-electron chi connectivity index (χ1n) is 44.5. The van der Waals surface area contributed by atoms with E-state index in [0.717, 1.165) is 31.2 Å². The Balaban J connectivity index is 0.938. The van der Waals surface area contributed by atoms with Crippen LogP contribution in [0, 0.1) is 23.7 Å². The number of carbonyl (C=O) groups is 13. The van der Waals surface area contributed by atoms with Crippen LogP contribution in [0.15, 0.2) is 59.3 Å². The van der Waals surface area contributed by atoms with Gasteiger partial charge in [0.15, 0.2) is 24.2 Å². The number of hydroxylamine groups is 1. The van der Waals surface area contributed by atoms with E-state index in [4.69, 9.17) is 58.8 Å². The third-order valence-corrected chi connectivity index (χ3v) is 24.7. The second-order valence-corrected chi connectivity index (χ2v) is 37.0. The first-order valence-corrected chi connectivity index (χ1v) is 48.7. The van der Waals surface area contributed by atoms with E-state index in [2.05, 4.69) is 43.0 Å². The number of cyclic esters (lactones) is 1. The van der Waals surface area contributed by atoms with Gasteiger partial charge in [0.1, 0.15) is 36.5 Å². The van der Waals surface area contributed by atoms with E-state index in [9.17, 15) is 87.0 Å². The molecule has 9 unspecified atom stereocenters. The molecule has 1 aliphatic carbocycles. The molecule has 45 heteroatoms. The quantitative estimate of drug-likeness (QED) is 0.00507. The highest BCUT2D eigenvalue weighted by Crippen LogP contribution is 2.36. The molecule has 0 saturated carbocycles. The van der Waals surface area contributed by atoms with Crippen molar-refractivity contribution in [2.45, 2.75) is 168 Å². The Bertz CT molecular complexity index is 4110. The normalized spacial score (nSPS) is 17.4. The van der Waals surface area contributed by atoms with Crippen LogP contribution in [0.2, 0.25) is 0 Å². The molecule has 3 heterocycles. The number of amides is 11. The fourth-order valence-electron chi connectivity index (χ4n) is 14.7. The SMILES string of the molecule is C/C=C1\CN(C(=O)COCCOCCOCCN(CCOCCOCCOCCNC(=O)C(Cc2cccc3c2CCCC3)NC(=O)C(CC(C)C)C(C)C(=O)NO)C(=O)C(CC(=O)N(CCCP(=O)(O)O)CCOCCOCCNC(=O)CCSSCCNC(=O)C2OC2C(=O)NC(CC(C)C)C(=O)N2CCCC2C(=O)O)NC(C)=O)C(c2ccc(N=C(N)N)cc2)C(=O)O1. The molecule has 0 bridgehead atoms. The van der Waals surface area contributed by atoms with Crippen molar-refractivity contribution in [1.82, 2.24) is 57.0 Å². The lowest BCUT2D eigenvalue weighted by molar-refractivity contribution is -0.160. The number of rotatable bonds is 65. The van der Waals surface area contributed by atoms with Crippen LogP contribution >= 0.6 is 29.2 Å². The third kappa shape index (κ3) is 41.6. The first-order chi connectivity index (χ1) is 62.7. The zero-order valence-electron chi connectivity index (χ0n) is 76.0. The lowest BCUT2D eigenvalue weighted by atomic mass is 9.84. The van der Waals surface area contributed by atoms with E-state index < -0.39 is 152 Å². The number of epoxide rings is 1. The number of aryl methyl sites for hydroxylation is 1. The molecule has 734 valence electrons. The number of likely N-dealkylation sites (tertiary alicyclic amines) is 1. The number of aliphatic carboxylic acids is 1. The van der Waals surface area contributed by atoms with Crippen LogP contribution in [-0.2, 0) is 134 Å². The van der Waals surface area contributed by atoms with Gasteiger partial charge in [-0.3, -0.25) is 62.5 Å². The average molecular weight is 1910 g/mol. The van der Waals surface area contributed by atoms with E-state index in [-0.39, 0.29) is 213 Å². The van der Waals surface area contributed by atoms with Crippen LogP contribution in [0.25, 0.3) is 0 Å². The molecule has 11 amide bonds. The predicted octanol–water partition coefficient (Wildman–Crippen LogP) is 1.08. The maximum Gasteiger partial charge on any atom is 0.338 e. The molecule has 2 aromatic rings. The zero-order chi connectivity index (χ0) is 95.8. The monoisotopic (exact) mass is 1910 g/mol. The highest BCUT2D eigenvalue weighted by molar-refractivity contribution is 8.76. The summed E-state index contributed by atoms with van der Waals surface area (Å²) in [5.74, 6) is -8.33. The number of carboxylic acids is 1. The molecule has 0 radical (unpaired) electrons. The van der Waals surface area contributed by atoms with E-state index >= 15 is 0 Å². The van der Waals surface area contributed by atoms with Gasteiger partial charge in [-0.2, -0.15) is 0 Å². The molecule has 0 spiro atoms. The number of esters is 1. The Kier molecular flexibility index (Phi) is 51.0. The summed E-state index contributed by atoms with van der Waals surface area (Å²) < 4.78 is 68.8. The number of aliphatic imine (C=N–C) groups is 1. The van der Waals surface area contributed by atoms with Gasteiger partial charge in [0.2, 0.25) is 53.2 Å². The number of carbonyl (C=O) groups excluding carboxylic acids is 12. The Hall–Kier alpha value is -8.99. The van der Waals surface area contributed by atoms with Crippen molar-refractivity contribution in [2.75, 3.05) is 182 Å². The average Bonchev–Trinajstić information content (AvgIpc) is 1.78. The Morgan fingerprint density at radius 2 is 1.23 bits per heavy atom. The molecule has 3 fully saturated rings. The summed E-state index contributed by atoms with van der Waals surface area (Å²) in [5.41, 5.74) is 16.9. The van der Waals surface area contributed by atoms with Gasteiger partial charge in [0.05, 0.1) is 124 Å². The van der Waals surface area contributed by atoms with Gasteiger partial charge in [-0.15, -0.1) is 0 Å². The smallest absolute Gasteiger partial charge is 0.338 e. The van der Waals surface area contributed by atoms with E-state index in [1.807, 2.05) is 39.8 Å². The maximum atomic E-state index is 14.6. The minimum absolute atomic E-state index is 0.00191. The van der Waals surface area contributed by atoms with Gasteiger partial charge in [0, 0.05) is 95.5 Å². The van der Waals surface area contributed by atoms with Crippen molar-refractivity contribution in [1.29, 1.82) is 0 Å². The standard InChI is InChI=1S/C86H135N14O28PS2/c1-8-64-54-100(74(85(114)127-64)61-19-21-63(22-20-61)93-86(87)88)73(104)55-126-46-45-125-44-41-123-36-31-98(30-35-122-40-43-124-42-38-120-33-25-90-79(107)67(52-62-16-11-15-60-14-9-10-17-65(60)62)94-78(106)66(50-56(2)3)58(6)77(105)96-115)82(110)69(92-59(7)101)53-72(103)97(27-13-47-129(116,117)118)29-34-121-39-37-119-32-24-89-71(102)23-48-130-131-49-26-91-80(108)75-76(128-75)81(109)95-68(51-57(4)5)83(111)99-28-12-18-70(99)84(112)113/h8,11,15-16,19-22,56-58,66-70,74-76,115H,9-10,12-14,17-18,23-55H2,1-7H3,(H,89,102)(H,90,107)(H,91,108)(H,92,101)(H,94,106)(H,95,109)(H,96,105)(H,112,113)(H4,87,88,93)(H2,116,117,118)/b64-8+. The zero-order valence-corrected chi connectivity index (χ0v) is 78.5. The molecular weight excluding hydrogens is 1770 g/mol. The largest absolute Gasteiger partial charge is 0.480 e. The van der Waals surface area contributed by atoms with E-state index in [0.29, 0.717) is 42.0 Å². The molecular formula is C86H135N14O28PS2. The topological polar surface area (TPSA) is 577 Å². The molecule has 15 N–H and O–H groups in total. The van der Waals surface area contributed by atoms with Crippen LogP contribution in [0.3, 0.4) is 0 Å². The summed E-state index contributed by atoms with van der Waals surface area (Å²) >= 11 is 0. The minimum atomic E-state index is -4.51. The van der Waals surface area contributed by atoms with Crippen molar-refractivity contribution in [3.05, 3.63) is 76.6 Å². The Morgan fingerprint density at radius 3 is 1.82 bits per heavy atom. The molecule has 6 rings (SSSR count). The van der Waals surface area contributed by atoms with Gasteiger partial charge >= 0.3 is 19.5 Å². The summed E-state index contributed by atoms with van der Waals surface area (Å²) in [4.78, 5) is 201. The van der Waals surface area contributed by atoms with Crippen molar-refractivity contribution < 1.29 is 134 Å². The molecule has 4 aliphatic rings. The van der Waals surface area contributed by atoms with Crippen molar-refractivity contribution in [3.63, 3.8) is 0 Å². The molecule has 3 aliphatic heterocycles. The van der Waals surface area contributed by atoms with Gasteiger partial charge < -0.3 is 125 Å². The summed E-state index contributed by atoms with van der Waals surface area (Å²) in [6.07, 6.45) is 3.90. The van der Waals surface area contributed by atoms with Crippen LogP contribution in [0.4, 0.5) is 5.69 Å². The van der Waals surface area contributed by atoms with Gasteiger partial charge in [-0.25, -0.2) is 20.1 Å². The van der Waals surface area contributed by atoms with Crippen LogP contribution in [0.1, 0.15) is 135 Å². The highest BCUT2D eigenvalue weighted by Gasteiger charge is 2.52. The van der Waals surface area contributed by atoms with E-state index in [1.54, 1.807) is 49.7 Å². The summed E-state index contributed by atoms with van der Waals surface area (Å²) in [6.45, 7) is 12.8. The van der Waals surface area contributed by atoms with Crippen molar-refractivity contribution in [3.8, 4) is 0 Å². The number of guanidine groups is 1. The van der Waals surface area contributed by atoms with Gasteiger partial charge in [-0.1, -0.05) is 86.5 Å². The Morgan fingerprint density at radius 1 is 0.641 bits per heavy atom. The predicted molar refractivity (Wildman–Crippen MR) is 481 cm³/mol. The number of nitrogens with two attached hydrogens (primary N) is 2. The highest BCUT2D eigenvalue weighted by atomic mass is 33.1. The number of hydrogen-bond donors (Lipinski definition) is 13. The number of carboxylic acid groups (broad SMARTS) is 1. The summed E-state index contributed by atoms with van der Waals surface area (Å²) in [7, 11) is -1.66. The number of morpholine rings is 1. The molecule has 131 heavy (non-hydrogen) atoms. The molecule has 9 atom stereocenters. The second-order valence-electron chi connectivity index (χ2n) is 32.5. The lowest BCUT2D eigenvalue weighted by Crippen LogP contribution is -2.53. The second kappa shape index (κ2) is 60.3. The summed E-state index contributed by atoms with van der Waals surface area (Å²) in [6, 6.07) is 6.97. The minimum Gasteiger partial charge on any atom is -0.480 e. The Labute approximate surface area is 772 Å². The fourth-order valence-corrected chi connectivity index (χ4v) is 17.2. The first kappa shape index (κ1) is 111. The number of ether oxygens (including phenoxy) is 10. The number of hydrogen-bond acceptors (Lipinski definition) is 28. The number of nitrogens with zero attached hydrogens (tertiary/aromatic N) is 5. The van der Waals surface area contributed by atoms with Crippen molar-refractivity contribution in [2.24, 2.45) is 40.1 Å². The van der Waals surface area contributed by atoms with Crippen LogP contribution in [-0.4, -0.2) is 341 Å². The maximum absolute atomic E-state index is 14.6. The number of nitrogens with one attached hydrogen (secondary N) is 7. The van der Waals surface area contributed by atoms with E-state index in [1.165, 1.54) is 59.2 Å². The number of benzene rings is 2. The van der Waals surface area contributed by atoms with Crippen LogP contribution < -0.4 is 48.8 Å². The fraction of sp³-hybridized carbons (Fsp3) is 0.674. The van der Waals surface area contributed by atoms with Gasteiger partial charge in [-0.05, 0) is 117 Å². The number of fused-ring (bicyclic) bond motifs is 1. The van der Waals surface area contributed by atoms with Crippen LogP contribution in [0.5, 0.6) is 0 Å². The number of allylic oxidation sites excluding steroid dienone is 1. The molecule has 42 nitrogen and oxygen atoms in total. The summed E-state index contributed by atoms with van der Waals surface area (Å²) in [5, 5.41) is 35.6. The third-order valence-electron chi connectivity index (χ3n) is 21.4. The molecule has 3 saturated heterocycles. The molecule has 2 aromatic carbocycles. The lowest BCUT2D eigenvalue weighted by Gasteiger charge is -2.35. The van der Waals surface area contributed by atoms with Gasteiger partial charge in [0.25, 0.3) is 11.8 Å². The van der Waals surface area contributed by atoms with Crippen molar-refractivity contribution >= 4 is 118 Å². The molecule has 0 aromatic heterocycles.